The van der Waals surface area contributed by atoms with Crippen LogP contribution in [-0.4, -0.2) is 43.0 Å². The number of rotatable bonds is 8. The summed E-state index contributed by atoms with van der Waals surface area (Å²) in [5.74, 6) is -0.253. The van der Waals surface area contributed by atoms with Crippen molar-refractivity contribution in [3.63, 3.8) is 0 Å². The van der Waals surface area contributed by atoms with Gasteiger partial charge in [0, 0.05) is 6.04 Å². The van der Waals surface area contributed by atoms with Crippen molar-refractivity contribution in [3.05, 3.63) is 0 Å². The first kappa shape index (κ1) is 17.4. The fourth-order valence-electron chi connectivity index (χ4n) is 3.09. The first-order valence-corrected chi connectivity index (χ1v) is 8.18. The molecule has 0 aromatic carbocycles. The van der Waals surface area contributed by atoms with Gasteiger partial charge in [-0.15, -0.1) is 0 Å². The summed E-state index contributed by atoms with van der Waals surface area (Å²) < 4.78 is 0. The highest BCUT2D eigenvalue weighted by Gasteiger charge is 2.28. The Labute approximate surface area is 124 Å². The van der Waals surface area contributed by atoms with E-state index < -0.39 is 5.54 Å². The molecule has 1 saturated carbocycles. The molecule has 1 fully saturated rings. The quantitative estimate of drug-likeness (QED) is 0.531. The van der Waals surface area contributed by atoms with Gasteiger partial charge < -0.3 is 16.0 Å². The highest BCUT2D eigenvalue weighted by Crippen LogP contribution is 2.21. The van der Waals surface area contributed by atoms with Gasteiger partial charge in [0.2, 0.25) is 5.91 Å². The Kier molecular flexibility index (Phi) is 7.52. The minimum atomic E-state index is -0.555. The van der Waals surface area contributed by atoms with Crippen LogP contribution in [0.2, 0.25) is 0 Å². The van der Waals surface area contributed by atoms with Crippen LogP contribution in [0.3, 0.4) is 0 Å². The van der Waals surface area contributed by atoms with E-state index in [0.29, 0.717) is 0 Å². The summed E-state index contributed by atoms with van der Waals surface area (Å²) in [6.45, 7) is 3.02. The van der Waals surface area contributed by atoms with Crippen molar-refractivity contribution in [2.75, 3.05) is 20.6 Å². The third-order valence-corrected chi connectivity index (χ3v) is 4.98. The molecule has 0 heterocycles. The van der Waals surface area contributed by atoms with Crippen molar-refractivity contribution >= 4 is 5.91 Å². The maximum absolute atomic E-state index is 11.4. The van der Waals surface area contributed by atoms with Crippen LogP contribution in [0.4, 0.5) is 0 Å². The van der Waals surface area contributed by atoms with Gasteiger partial charge in [-0.3, -0.25) is 4.79 Å². The second-order valence-corrected chi connectivity index (χ2v) is 6.53. The monoisotopic (exact) mass is 283 g/mol. The standard InChI is InChI=1S/C16H33N3O/c1-16(18-2,15(17)20)12-8-9-13-19(3)14-10-6-4-5-7-11-14/h14,18H,4-13H2,1-3H3,(H2,17,20). The van der Waals surface area contributed by atoms with Crippen molar-refractivity contribution in [1.29, 1.82) is 0 Å². The molecule has 0 aromatic heterocycles. The Morgan fingerprint density at radius 2 is 1.85 bits per heavy atom. The summed E-state index contributed by atoms with van der Waals surface area (Å²) in [7, 11) is 4.06. The molecule has 1 amide bonds. The topological polar surface area (TPSA) is 58.4 Å². The highest BCUT2D eigenvalue weighted by molar-refractivity contribution is 5.84. The Balaban J connectivity index is 2.24. The number of carbonyl (C=O) groups excluding carboxylic acids is 1. The molecule has 1 aliphatic rings. The van der Waals surface area contributed by atoms with E-state index in [-0.39, 0.29) is 5.91 Å². The molecular weight excluding hydrogens is 250 g/mol. The smallest absolute Gasteiger partial charge is 0.237 e. The molecule has 0 radical (unpaired) electrons. The lowest BCUT2D eigenvalue weighted by Gasteiger charge is -2.28. The van der Waals surface area contributed by atoms with Crippen LogP contribution in [0.25, 0.3) is 0 Å². The molecule has 3 N–H and O–H groups in total. The molecule has 20 heavy (non-hydrogen) atoms. The summed E-state index contributed by atoms with van der Waals surface area (Å²) in [6.07, 6.45) is 11.3. The van der Waals surface area contributed by atoms with Gasteiger partial charge in [0.15, 0.2) is 0 Å². The summed E-state index contributed by atoms with van der Waals surface area (Å²) in [6, 6.07) is 0.768. The molecule has 0 saturated heterocycles. The zero-order valence-corrected chi connectivity index (χ0v) is 13.6. The number of nitrogens with one attached hydrogen (secondary N) is 1. The van der Waals surface area contributed by atoms with E-state index in [1.807, 2.05) is 14.0 Å². The Morgan fingerprint density at radius 1 is 1.25 bits per heavy atom. The third-order valence-electron chi connectivity index (χ3n) is 4.98. The van der Waals surface area contributed by atoms with Gasteiger partial charge >= 0.3 is 0 Å². The van der Waals surface area contributed by atoms with Crippen molar-refractivity contribution in [3.8, 4) is 0 Å². The minimum Gasteiger partial charge on any atom is -0.368 e. The normalized spacial score (nSPS) is 20.6. The van der Waals surface area contributed by atoms with Crippen molar-refractivity contribution < 1.29 is 4.79 Å². The molecule has 1 aliphatic carbocycles. The predicted molar refractivity (Wildman–Crippen MR) is 84.6 cm³/mol. The van der Waals surface area contributed by atoms with Crippen LogP contribution in [0, 0.1) is 0 Å². The van der Waals surface area contributed by atoms with E-state index in [0.717, 1.165) is 31.8 Å². The number of unbranched alkanes of at least 4 members (excludes halogenated alkanes) is 1. The van der Waals surface area contributed by atoms with Crippen molar-refractivity contribution in [1.82, 2.24) is 10.2 Å². The van der Waals surface area contributed by atoms with Crippen LogP contribution < -0.4 is 11.1 Å². The van der Waals surface area contributed by atoms with Gasteiger partial charge in [-0.2, -0.15) is 0 Å². The summed E-state index contributed by atoms with van der Waals surface area (Å²) >= 11 is 0. The zero-order chi connectivity index (χ0) is 15.0. The van der Waals surface area contributed by atoms with Crippen LogP contribution >= 0.6 is 0 Å². The average Bonchev–Trinajstić information content (AvgIpc) is 2.71. The summed E-state index contributed by atoms with van der Waals surface area (Å²) in [5, 5.41) is 3.05. The molecule has 1 rings (SSSR count). The number of nitrogens with two attached hydrogens (primary N) is 1. The maximum Gasteiger partial charge on any atom is 0.237 e. The van der Waals surface area contributed by atoms with Gasteiger partial charge in [-0.05, 0) is 59.7 Å². The summed E-state index contributed by atoms with van der Waals surface area (Å²) in [5.41, 5.74) is 4.89. The predicted octanol–water partition coefficient (Wildman–Crippen LogP) is 2.27. The van der Waals surface area contributed by atoms with Crippen molar-refractivity contribution in [2.45, 2.75) is 76.3 Å². The first-order chi connectivity index (χ1) is 9.49. The lowest BCUT2D eigenvalue weighted by atomic mass is 9.94. The molecular formula is C16H33N3O. The number of hydrogen-bond donors (Lipinski definition) is 2. The highest BCUT2D eigenvalue weighted by atomic mass is 16.1. The third kappa shape index (κ3) is 5.41. The molecule has 118 valence electrons. The zero-order valence-electron chi connectivity index (χ0n) is 13.6. The number of amides is 1. The molecule has 0 bridgehead atoms. The molecule has 1 unspecified atom stereocenters. The Bertz CT molecular complexity index is 287. The molecule has 4 nitrogen and oxygen atoms in total. The van der Waals surface area contributed by atoms with E-state index in [9.17, 15) is 4.79 Å². The van der Waals surface area contributed by atoms with Crippen LogP contribution in [0.5, 0.6) is 0 Å². The van der Waals surface area contributed by atoms with Gasteiger partial charge in [0.1, 0.15) is 0 Å². The van der Waals surface area contributed by atoms with Gasteiger partial charge in [0.25, 0.3) is 0 Å². The second-order valence-electron chi connectivity index (χ2n) is 6.53. The van der Waals surface area contributed by atoms with Crippen LogP contribution in [0.1, 0.15) is 64.7 Å². The van der Waals surface area contributed by atoms with Crippen LogP contribution in [-0.2, 0) is 4.79 Å². The summed E-state index contributed by atoms with van der Waals surface area (Å²) in [4.78, 5) is 13.9. The molecule has 0 spiro atoms. The molecule has 1 atom stereocenters. The number of primary amides is 1. The fourth-order valence-corrected chi connectivity index (χ4v) is 3.09. The van der Waals surface area contributed by atoms with E-state index >= 15 is 0 Å². The molecule has 0 aliphatic heterocycles. The van der Waals surface area contributed by atoms with E-state index in [1.165, 1.54) is 38.5 Å². The average molecular weight is 283 g/mol. The van der Waals surface area contributed by atoms with Gasteiger partial charge in [0.05, 0.1) is 5.54 Å². The van der Waals surface area contributed by atoms with Crippen LogP contribution in [0.15, 0.2) is 0 Å². The second kappa shape index (κ2) is 8.63. The maximum atomic E-state index is 11.4. The van der Waals surface area contributed by atoms with Crippen molar-refractivity contribution in [2.24, 2.45) is 5.73 Å². The van der Waals surface area contributed by atoms with E-state index in [4.69, 9.17) is 5.73 Å². The molecule has 0 aromatic rings. The Morgan fingerprint density at radius 3 is 2.35 bits per heavy atom. The Hall–Kier alpha value is -0.610. The SMILES string of the molecule is CNC(C)(CCCCN(C)C1CCCCCC1)C(N)=O. The molecule has 4 heteroatoms. The van der Waals surface area contributed by atoms with E-state index in [2.05, 4.69) is 17.3 Å². The fraction of sp³-hybridized carbons (Fsp3) is 0.938. The largest absolute Gasteiger partial charge is 0.368 e. The van der Waals surface area contributed by atoms with Gasteiger partial charge in [-0.1, -0.05) is 25.7 Å². The van der Waals surface area contributed by atoms with Gasteiger partial charge in [-0.25, -0.2) is 0 Å². The number of likely N-dealkylation sites (N-methyl/N-ethyl adjacent to an activating group) is 1. The number of nitrogens with zero attached hydrogens (tertiary/aromatic N) is 1. The minimum absolute atomic E-state index is 0.253. The first-order valence-electron chi connectivity index (χ1n) is 8.18. The number of carbonyl (C=O) groups is 1. The number of hydrogen-bond acceptors (Lipinski definition) is 3. The lowest BCUT2D eigenvalue weighted by molar-refractivity contribution is -0.123. The van der Waals surface area contributed by atoms with E-state index in [1.54, 1.807) is 0 Å². The lowest BCUT2D eigenvalue weighted by Crippen LogP contribution is -2.51.